The average Bonchev–Trinajstić information content (AvgIpc) is 2.14. The summed E-state index contributed by atoms with van der Waals surface area (Å²) in [4.78, 5) is 11.2. The highest BCUT2D eigenvalue weighted by molar-refractivity contribution is 5.81. The normalized spacial score (nSPS) is 12.5. The van der Waals surface area contributed by atoms with E-state index in [1.165, 1.54) is 0 Å². The zero-order valence-electron chi connectivity index (χ0n) is 7.96. The zero-order valence-corrected chi connectivity index (χ0v) is 7.96. The summed E-state index contributed by atoms with van der Waals surface area (Å²) in [6.07, 6.45) is 2.21. The van der Waals surface area contributed by atoms with Gasteiger partial charge in [-0.2, -0.15) is 0 Å². The van der Waals surface area contributed by atoms with Crippen LogP contribution in [0.3, 0.4) is 0 Å². The average molecular weight is 188 g/mol. The molecule has 1 atom stereocenters. The van der Waals surface area contributed by atoms with Crippen LogP contribution in [-0.2, 0) is 4.79 Å². The van der Waals surface area contributed by atoms with E-state index in [0.717, 1.165) is 12.8 Å². The molecule has 0 aliphatic heterocycles. The van der Waals surface area contributed by atoms with Gasteiger partial charge in [-0.15, -0.1) is 0 Å². The Bertz CT molecular complexity index is 140. The van der Waals surface area contributed by atoms with Crippen LogP contribution in [0.25, 0.3) is 0 Å². The lowest BCUT2D eigenvalue weighted by Gasteiger charge is -2.10. The molecule has 7 N–H and O–H groups in total. The highest BCUT2D eigenvalue weighted by atomic mass is 16.2. The highest BCUT2D eigenvalue weighted by Crippen LogP contribution is 1.92. The molecule has 0 aliphatic carbocycles. The summed E-state index contributed by atoms with van der Waals surface area (Å²) in [5, 5.41) is 2.71. The molecule has 0 aromatic rings. The van der Waals surface area contributed by atoms with Crippen LogP contribution in [0.4, 0.5) is 0 Å². The van der Waals surface area contributed by atoms with Crippen LogP contribution in [0.2, 0.25) is 0 Å². The molecule has 1 amide bonds. The zero-order chi connectivity index (χ0) is 10.1. The Morgan fingerprint density at radius 2 is 1.85 bits per heavy atom. The predicted molar refractivity (Wildman–Crippen MR) is 52.9 cm³/mol. The lowest BCUT2D eigenvalue weighted by Crippen LogP contribution is -2.41. The minimum atomic E-state index is -0.429. The molecule has 5 nitrogen and oxygen atoms in total. The second-order valence-electron chi connectivity index (χ2n) is 2.97. The topological polar surface area (TPSA) is 107 Å². The molecule has 0 rings (SSSR count). The lowest BCUT2D eigenvalue weighted by molar-refractivity contribution is -0.122. The van der Waals surface area contributed by atoms with Crippen LogP contribution in [-0.4, -0.2) is 31.6 Å². The summed E-state index contributed by atoms with van der Waals surface area (Å²) in [6, 6.07) is -0.429. The summed E-state index contributed by atoms with van der Waals surface area (Å²) < 4.78 is 0. The van der Waals surface area contributed by atoms with Crippen LogP contribution in [0.15, 0.2) is 0 Å². The molecule has 0 aromatic heterocycles. The molecule has 0 spiro atoms. The second kappa shape index (κ2) is 7.97. The monoisotopic (exact) mass is 188 g/mol. The first-order valence-electron chi connectivity index (χ1n) is 4.65. The number of carbonyl (C=O) groups excluding carboxylic acids is 1. The van der Waals surface area contributed by atoms with Gasteiger partial charge in [0.25, 0.3) is 0 Å². The fourth-order valence-corrected chi connectivity index (χ4v) is 0.914. The van der Waals surface area contributed by atoms with E-state index in [-0.39, 0.29) is 5.91 Å². The van der Waals surface area contributed by atoms with Gasteiger partial charge in [0.2, 0.25) is 5.91 Å². The van der Waals surface area contributed by atoms with Crippen molar-refractivity contribution in [2.45, 2.75) is 25.3 Å². The first-order chi connectivity index (χ1) is 6.22. The molecular weight excluding hydrogens is 168 g/mol. The maximum Gasteiger partial charge on any atom is 0.236 e. The Kier molecular flexibility index (Phi) is 7.57. The molecule has 0 heterocycles. The third-order valence-electron chi connectivity index (χ3n) is 1.74. The van der Waals surface area contributed by atoms with Crippen molar-refractivity contribution in [2.75, 3.05) is 19.6 Å². The number of nitrogens with one attached hydrogen (secondary N) is 1. The van der Waals surface area contributed by atoms with Crippen molar-refractivity contribution in [2.24, 2.45) is 17.2 Å². The van der Waals surface area contributed by atoms with Crippen LogP contribution in [0.1, 0.15) is 19.3 Å². The summed E-state index contributed by atoms with van der Waals surface area (Å²) in [6.45, 7) is 1.76. The van der Waals surface area contributed by atoms with E-state index in [0.29, 0.717) is 26.1 Å². The Balaban J connectivity index is 3.45. The Morgan fingerprint density at radius 3 is 2.38 bits per heavy atom. The van der Waals surface area contributed by atoms with Crippen LogP contribution < -0.4 is 22.5 Å². The third-order valence-corrected chi connectivity index (χ3v) is 1.74. The van der Waals surface area contributed by atoms with Gasteiger partial charge in [0.15, 0.2) is 0 Å². The molecule has 1 unspecified atom stereocenters. The van der Waals surface area contributed by atoms with Crippen molar-refractivity contribution in [3.8, 4) is 0 Å². The van der Waals surface area contributed by atoms with Crippen molar-refractivity contribution < 1.29 is 4.79 Å². The molecule has 0 aromatic carbocycles. The minimum Gasteiger partial charge on any atom is -0.355 e. The number of nitrogens with two attached hydrogens (primary N) is 3. The van der Waals surface area contributed by atoms with E-state index in [1.807, 2.05) is 0 Å². The molecule has 5 heteroatoms. The standard InChI is InChI=1S/C8H20N4O/c9-4-1-3-7(11)8(13)12-6-2-5-10/h7H,1-6,9-11H2,(H,12,13). The molecular formula is C8H20N4O. The van der Waals surface area contributed by atoms with Gasteiger partial charge in [-0.25, -0.2) is 0 Å². The van der Waals surface area contributed by atoms with E-state index in [1.54, 1.807) is 0 Å². The van der Waals surface area contributed by atoms with Crippen molar-refractivity contribution in [3.63, 3.8) is 0 Å². The fraction of sp³-hybridized carbons (Fsp3) is 0.875. The number of rotatable bonds is 7. The minimum absolute atomic E-state index is 0.109. The number of hydrogen-bond acceptors (Lipinski definition) is 4. The quantitative estimate of drug-likeness (QED) is 0.365. The SMILES string of the molecule is NCCCNC(=O)C(N)CCCN. The fourth-order valence-electron chi connectivity index (χ4n) is 0.914. The van der Waals surface area contributed by atoms with Gasteiger partial charge < -0.3 is 22.5 Å². The van der Waals surface area contributed by atoms with Gasteiger partial charge in [-0.3, -0.25) is 4.79 Å². The van der Waals surface area contributed by atoms with E-state index in [2.05, 4.69) is 5.32 Å². The second-order valence-corrected chi connectivity index (χ2v) is 2.97. The van der Waals surface area contributed by atoms with Gasteiger partial charge in [-0.1, -0.05) is 0 Å². The number of carbonyl (C=O) groups is 1. The van der Waals surface area contributed by atoms with Crippen LogP contribution in [0.5, 0.6) is 0 Å². The van der Waals surface area contributed by atoms with E-state index >= 15 is 0 Å². The summed E-state index contributed by atoms with van der Waals surface area (Å²) in [7, 11) is 0. The highest BCUT2D eigenvalue weighted by Gasteiger charge is 2.10. The van der Waals surface area contributed by atoms with Crippen molar-refractivity contribution >= 4 is 5.91 Å². The molecule has 0 radical (unpaired) electrons. The summed E-state index contributed by atoms with van der Waals surface area (Å²) >= 11 is 0. The molecule has 0 fully saturated rings. The van der Waals surface area contributed by atoms with Gasteiger partial charge in [0.1, 0.15) is 0 Å². The van der Waals surface area contributed by atoms with Gasteiger partial charge in [-0.05, 0) is 32.4 Å². The lowest BCUT2D eigenvalue weighted by atomic mass is 10.1. The predicted octanol–water partition coefficient (Wildman–Crippen LogP) is -1.48. The number of hydrogen-bond donors (Lipinski definition) is 4. The maximum atomic E-state index is 11.2. The Labute approximate surface area is 79.0 Å². The third kappa shape index (κ3) is 6.51. The summed E-state index contributed by atoms with van der Waals surface area (Å²) in [5.41, 5.74) is 16.2. The van der Waals surface area contributed by atoms with Gasteiger partial charge in [0.05, 0.1) is 6.04 Å². The molecule has 0 bridgehead atoms. The van der Waals surface area contributed by atoms with E-state index in [4.69, 9.17) is 17.2 Å². The van der Waals surface area contributed by atoms with Gasteiger partial charge >= 0.3 is 0 Å². The Hall–Kier alpha value is -0.650. The maximum absolute atomic E-state index is 11.2. The molecule has 0 aliphatic rings. The molecule has 78 valence electrons. The molecule has 13 heavy (non-hydrogen) atoms. The van der Waals surface area contributed by atoms with Gasteiger partial charge in [0, 0.05) is 6.54 Å². The Morgan fingerprint density at radius 1 is 1.23 bits per heavy atom. The first-order valence-corrected chi connectivity index (χ1v) is 4.65. The first kappa shape index (κ1) is 12.3. The van der Waals surface area contributed by atoms with Crippen molar-refractivity contribution in [3.05, 3.63) is 0 Å². The van der Waals surface area contributed by atoms with E-state index < -0.39 is 6.04 Å². The largest absolute Gasteiger partial charge is 0.355 e. The summed E-state index contributed by atoms with van der Waals surface area (Å²) in [5.74, 6) is -0.109. The molecule has 0 saturated carbocycles. The smallest absolute Gasteiger partial charge is 0.236 e. The molecule has 0 saturated heterocycles. The van der Waals surface area contributed by atoms with Crippen molar-refractivity contribution in [1.29, 1.82) is 0 Å². The van der Waals surface area contributed by atoms with E-state index in [9.17, 15) is 4.79 Å². The van der Waals surface area contributed by atoms with Crippen LogP contribution >= 0.6 is 0 Å². The van der Waals surface area contributed by atoms with Crippen LogP contribution in [0, 0.1) is 0 Å². The van der Waals surface area contributed by atoms with Crippen molar-refractivity contribution in [1.82, 2.24) is 5.32 Å². The number of amides is 1.